The molecule has 1 saturated heterocycles. The lowest BCUT2D eigenvalue weighted by Crippen LogP contribution is -3.00. The van der Waals surface area contributed by atoms with E-state index in [9.17, 15) is 13.2 Å². The van der Waals surface area contributed by atoms with Gasteiger partial charge in [0.05, 0.1) is 9.89 Å². The Morgan fingerprint density at radius 2 is 1.98 bits per heavy atom. The summed E-state index contributed by atoms with van der Waals surface area (Å²) in [6, 6.07) is 11.8. The maximum absolute atomic E-state index is 13.7. The van der Waals surface area contributed by atoms with E-state index in [0.29, 0.717) is 28.7 Å². The monoisotopic (exact) mass is 709 g/mol. The average Bonchev–Trinajstić information content (AvgIpc) is 3.61. The van der Waals surface area contributed by atoms with Crippen LogP contribution in [0.5, 0.6) is 0 Å². The number of hydrogen-bond acceptors (Lipinski definition) is 9. The van der Waals surface area contributed by atoms with Gasteiger partial charge in [-0.1, -0.05) is 23.7 Å². The molecule has 1 fully saturated rings. The quantitative estimate of drug-likeness (QED) is 0.270. The Labute approximate surface area is 256 Å². The van der Waals surface area contributed by atoms with E-state index in [-0.39, 0.29) is 54.4 Å². The smallest absolute Gasteiger partial charge is 0.381 e. The largest absolute Gasteiger partial charge is 1.00 e. The summed E-state index contributed by atoms with van der Waals surface area (Å²) >= 11 is 7.37. The lowest BCUT2D eigenvalue weighted by atomic mass is 10.1. The number of nitrogens with one attached hydrogen (secondary N) is 1. The number of H-pyrrole nitrogens is 1. The molecule has 4 heterocycles. The number of aryl methyl sites for hydroxylation is 2. The van der Waals surface area contributed by atoms with Gasteiger partial charge in [0.2, 0.25) is 10.0 Å². The van der Waals surface area contributed by atoms with Crippen molar-refractivity contribution in [1.29, 1.82) is 0 Å². The number of carbonyl (C=O) groups is 1. The van der Waals surface area contributed by atoms with Crippen LogP contribution < -0.4 is 29.0 Å². The van der Waals surface area contributed by atoms with Crippen LogP contribution in [0.3, 0.4) is 0 Å². The van der Waals surface area contributed by atoms with Crippen LogP contribution in [0.2, 0.25) is 5.02 Å². The van der Waals surface area contributed by atoms with Crippen molar-refractivity contribution in [2.45, 2.75) is 35.6 Å². The number of rotatable bonds is 6. The Bertz CT molecular complexity index is 1720. The van der Waals surface area contributed by atoms with Gasteiger partial charge in [-0.25, -0.2) is 13.5 Å². The molecule has 1 amide bonds. The Kier molecular flexibility index (Phi) is 8.42. The van der Waals surface area contributed by atoms with Gasteiger partial charge in [0.1, 0.15) is 10.7 Å². The molecule has 4 aromatic rings. The van der Waals surface area contributed by atoms with Gasteiger partial charge in [0.25, 0.3) is 5.69 Å². The van der Waals surface area contributed by atoms with E-state index < -0.39 is 16.1 Å². The zero-order chi connectivity index (χ0) is 27.1. The fourth-order valence-corrected chi connectivity index (χ4v) is 7.36. The standard InChI is InChI=1S/C25H23ClN8O3S2.HI/c1-15-10-21-22(13-27-15)38-24(28-21)25(35)34-9-8-33(14-19(34)5-7-23-29-31-32-30-23)39(36,37)20-6-3-16-11-18(26)4-2-17(16)12-20;/h2-4,6,10-13,19H,5,7-9,14H2,1H3,(H,29,30,31,32);1H/q+1;/p-1. The number of benzene rings is 2. The lowest BCUT2D eigenvalue weighted by Gasteiger charge is -2.40. The van der Waals surface area contributed by atoms with Crippen LogP contribution >= 0.6 is 23.4 Å². The van der Waals surface area contributed by atoms with Gasteiger partial charge in [-0.15, -0.1) is 5.10 Å². The molecule has 1 radical (unpaired) electrons. The van der Waals surface area contributed by atoms with Gasteiger partial charge in [-0.05, 0) is 58.8 Å². The summed E-state index contributed by atoms with van der Waals surface area (Å²) in [6.07, 6.45) is 2.64. The molecule has 2 aliphatic rings. The number of piperazine rings is 1. The normalized spacial score (nSPS) is 17.4. The molecule has 2 aliphatic heterocycles. The number of aliphatic imine (C=N–C) groups is 1. The molecule has 6 rings (SSSR count). The molecular weight excluding hydrogens is 687 g/mol. The third kappa shape index (κ3) is 5.72. The van der Waals surface area contributed by atoms with Crippen molar-refractivity contribution in [3.8, 4) is 0 Å². The first kappa shape index (κ1) is 28.9. The van der Waals surface area contributed by atoms with Crippen LogP contribution in [0.1, 0.15) is 17.9 Å². The molecule has 2 aromatic carbocycles. The number of amides is 1. The van der Waals surface area contributed by atoms with Crippen LogP contribution in [-0.4, -0.2) is 79.9 Å². The molecule has 207 valence electrons. The number of tetrazole rings is 1. The van der Waals surface area contributed by atoms with Crippen LogP contribution in [-0.2, 0) is 21.2 Å². The highest BCUT2D eigenvalue weighted by Crippen LogP contribution is 2.34. The van der Waals surface area contributed by atoms with Gasteiger partial charge < -0.3 is 28.9 Å². The Hall–Kier alpha value is -2.66. The van der Waals surface area contributed by atoms with Crippen molar-refractivity contribution in [1.82, 2.24) is 39.8 Å². The predicted molar refractivity (Wildman–Crippen MR) is 147 cm³/mol. The summed E-state index contributed by atoms with van der Waals surface area (Å²) < 4.78 is 28.9. The van der Waals surface area contributed by atoms with Crippen molar-refractivity contribution < 1.29 is 37.2 Å². The van der Waals surface area contributed by atoms with E-state index in [1.165, 1.54) is 16.1 Å². The fourth-order valence-electron chi connectivity index (χ4n) is 4.80. The first-order chi connectivity index (χ1) is 18.8. The van der Waals surface area contributed by atoms with Crippen molar-refractivity contribution >= 4 is 60.8 Å². The minimum absolute atomic E-state index is 0. The third-order valence-corrected chi connectivity index (χ3v) is 9.91. The van der Waals surface area contributed by atoms with E-state index in [1.807, 2.05) is 13.0 Å². The Balaban J connectivity index is 0.00000323. The van der Waals surface area contributed by atoms with Crippen LogP contribution in [0.25, 0.3) is 10.8 Å². The summed E-state index contributed by atoms with van der Waals surface area (Å²) in [5.74, 6) is 0.339. The summed E-state index contributed by atoms with van der Waals surface area (Å²) in [5.41, 5.74) is 1.54. The van der Waals surface area contributed by atoms with Crippen LogP contribution in [0.4, 0.5) is 5.69 Å². The molecule has 0 spiro atoms. The number of nitrogens with zero attached hydrogens (tertiary/aromatic N) is 7. The summed E-state index contributed by atoms with van der Waals surface area (Å²) in [7, 11) is -3.81. The molecule has 2 aromatic heterocycles. The number of hydrogen-bond donors (Lipinski definition) is 1. The van der Waals surface area contributed by atoms with E-state index >= 15 is 0 Å². The topological polar surface area (TPSA) is 139 Å². The van der Waals surface area contributed by atoms with Gasteiger partial charge >= 0.3 is 11.0 Å². The second-order valence-corrected chi connectivity index (χ2v) is 12.8. The second kappa shape index (κ2) is 11.7. The van der Waals surface area contributed by atoms with Crippen molar-refractivity contribution in [2.24, 2.45) is 0 Å². The average molecular weight is 710 g/mol. The molecule has 0 saturated carbocycles. The van der Waals surface area contributed by atoms with Gasteiger partial charge in [-0.2, -0.15) is 4.31 Å². The van der Waals surface area contributed by atoms with Crippen molar-refractivity contribution in [3.63, 3.8) is 0 Å². The highest BCUT2D eigenvalue weighted by molar-refractivity contribution is 8.16. The number of carbonyl (C=O) groups excluding carboxylic acids is 1. The molecule has 0 bridgehead atoms. The zero-order valence-electron chi connectivity index (χ0n) is 21.2. The molecule has 15 heteroatoms. The molecule has 1 unspecified atom stereocenters. The number of halogens is 2. The van der Waals surface area contributed by atoms with Crippen molar-refractivity contribution in [3.05, 3.63) is 65.2 Å². The summed E-state index contributed by atoms with van der Waals surface area (Å²) in [4.78, 5) is 25.2. The molecule has 0 aliphatic carbocycles. The highest BCUT2D eigenvalue weighted by Gasteiger charge is 2.43. The Morgan fingerprint density at radius 1 is 1.18 bits per heavy atom. The minimum Gasteiger partial charge on any atom is -1.00 e. The Morgan fingerprint density at radius 3 is 2.77 bits per heavy atom. The maximum atomic E-state index is 13.7. The molecule has 1 N–H and O–H groups in total. The second-order valence-electron chi connectivity index (χ2n) is 9.37. The van der Waals surface area contributed by atoms with Crippen LogP contribution in [0, 0.1) is 6.92 Å². The minimum atomic E-state index is -3.81. The summed E-state index contributed by atoms with van der Waals surface area (Å²) in [6.45, 7) is 2.41. The van der Waals surface area contributed by atoms with E-state index in [1.54, 1.807) is 47.5 Å². The van der Waals surface area contributed by atoms with Crippen molar-refractivity contribution in [2.75, 3.05) is 19.6 Å². The number of sulfonamides is 1. The zero-order valence-corrected chi connectivity index (χ0v) is 25.7. The molecule has 11 nitrogen and oxygen atoms in total. The number of fused-ring (bicyclic) bond motifs is 2. The van der Waals surface area contributed by atoms with Crippen LogP contribution in [0.15, 0.2) is 58.5 Å². The molecule has 40 heavy (non-hydrogen) atoms. The van der Waals surface area contributed by atoms with E-state index in [0.717, 1.165) is 27.0 Å². The number of pyridine rings is 1. The number of thioether (sulfide) groups is 1. The molecule has 1 atom stereocenters. The van der Waals surface area contributed by atoms with Gasteiger partial charge in [0, 0.05) is 66.8 Å². The summed E-state index contributed by atoms with van der Waals surface area (Å²) in [5, 5.41) is 16.5. The highest BCUT2D eigenvalue weighted by atomic mass is 127. The van der Waals surface area contributed by atoms with E-state index in [2.05, 4.69) is 30.6 Å². The SMILES string of the molecule is Cc1cc2c(cn1)SC(C(=O)N1CCN(S(=O)(=O)c3ccc4cc(Cl)ccc4c3)CC1CCc1nnn[nH]1)=[N+]2.[I-]. The van der Waals surface area contributed by atoms with Gasteiger partial charge in [-0.3, -0.25) is 9.78 Å². The first-order valence-corrected chi connectivity index (χ1v) is 14.9. The molecular formula is C25H23ClIN8O3S2. The first-order valence-electron chi connectivity index (χ1n) is 12.2. The number of aromatic amines is 1. The maximum Gasteiger partial charge on any atom is 0.381 e. The number of aromatic nitrogens is 5. The third-order valence-electron chi connectivity index (χ3n) is 6.82. The van der Waals surface area contributed by atoms with Gasteiger partial charge in [0.15, 0.2) is 0 Å². The predicted octanol–water partition coefficient (Wildman–Crippen LogP) is -0.280. The lowest BCUT2D eigenvalue weighted by molar-refractivity contribution is -0.127. The van der Waals surface area contributed by atoms with E-state index in [4.69, 9.17) is 11.6 Å². The fraction of sp³-hybridized carbons (Fsp3) is 0.280.